The van der Waals surface area contributed by atoms with E-state index in [1.165, 1.54) is 12.5 Å². The summed E-state index contributed by atoms with van der Waals surface area (Å²) >= 11 is 1.78. The number of rotatable bonds is 7. The molecule has 0 saturated carbocycles. The fraction of sp³-hybridized carbons (Fsp3) is 0.800. The fourth-order valence-corrected chi connectivity index (χ4v) is 3.19. The Bertz CT molecular complexity index is 204. The van der Waals surface area contributed by atoms with Crippen LogP contribution in [0.15, 0.2) is 12.4 Å². The van der Waals surface area contributed by atoms with Crippen molar-refractivity contribution < 1.29 is 4.43 Å². The van der Waals surface area contributed by atoms with Crippen molar-refractivity contribution in [3.8, 4) is 0 Å². The highest BCUT2D eigenvalue weighted by Crippen LogP contribution is 2.21. The van der Waals surface area contributed by atoms with Crippen molar-refractivity contribution in [1.29, 1.82) is 0 Å². The van der Waals surface area contributed by atoms with Crippen molar-refractivity contribution in [1.82, 2.24) is 9.21 Å². The maximum atomic E-state index is 5.46. The molecular weight excluding hydrogens is 224 g/mol. The third-order valence-corrected chi connectivity index (χ3v) is 4.96. The first-order chi connectivity index (χ1) is 7.29. The molecule has 0 aromatic carbocycles. The Morgan fingerprint density at radius 1 is 1.47 bits per heavy atom. The van der Waals surface area contributed by atoms with Gasteiger partial charge in [-0.15, -0.1) is 0 Å². The number of nitrogens with zero attached hydrogens (tertiary/aromatic N) is 2. The molecule has 1 rings (SSSR count). The third-order valence-electron chi connectivity index (χ3n) is 2.62. The summed E-state index contributed by atoms with van der Waals surface area (Å²) in [5.41, 5.74) is 0. The number of hydrogen-bond acceptors (Lipinski definition) is 4. The van der Waals surface area contributed by atoms with Crippen LogP contribution in [0, 0.1) is 0 Å². The molecule has 1 aliphatic heterocycles. The van der Waals surface area contributed by atoms with Crippen LogP contribution >= 0.6 is 11.9 Å². The maximum absolute atomic E-state index is 5.46. The molecule has 0 spiro atoms. The van der Waals surface area contributed by atoms with Crippen LogP contribution in [0.3, 0.4) is 0 Å². The Hall–Kier alpha value is -0.133. The van der Waals surface area contributed by atoms with Gasteiger partial charge in [-0.05, 0) is 26.3 Å². The van der Waals surface area contributed by atoms with Crippen molar-refractivity contribution in [2.75, 3.05) is 19.4 Å². The number of hydrogen-bond donors (Lipinski definition) is 0. The van der Waals surface area contributed by atoms with Gasteiger partial charge in [-0.2, -0.15) is 0 Å². The summed E-state index contributed by atoms with van der Waals surface area (Å²) < 4.78 is 7.73. The molecule has 0 bridgehead atoms. The largest absolute Gasteiger partial charge is 0.424 e. The van der Waals surface area contributed by atoms with Crippen molar-refractivity contribution in [2.45, 2.75) is 32.5 Å². The topological polar surface area (TPSA) is 15.7 Å². The van der Waals surface area contributed by atoms with E-state index in [0.29, 0.717) is 6.17 Å². The van der Waals surface area contributed by atoms with Gasteiger partial charge in [0.25, 0.3) is 0 Å². The standard InChI is InChI=1S/C10H22N2OSSi/c1-4-13-15-9-5-6-11-7-8-12(14-3)10(11)2/h7-8,10H,4-6,9,15H2,1-3H3. The molecule has 1 atom stereocenters. The lowest BCUT2D eigenvalue weighted by molar-refractivity contribution is 0.244. The first kappa shape index (κ1) is 12.9. The molecule has 0 saturated heterocycles. The maximum Gasteiger partial charge on any atom is 0.161 e. The van der Waals surface area contributed by atoms with Crippen LogP contribution in [0.25, 0.3) is 0 Å². The van der Waals surface area contributed by atoms with Gasteiger partial charge in [-0.25, -0.2) is 0 Å². The Morgan fingerprint density at radius 2 is 2.27 bits per heavy atom. The van der Waals surface area contributed by atoms with E-state index in [-0.39, 0.29) is 9.76 Å². The summed E-state index contributed by atoms with van der Waals surface area (Å²) in [7, 11) is -0.231. The van der Waals surface area contributed by atoms with Crippen molar-refractivity contribution in [2.24, 2.45) is 0 Å². The smallest absolute Gasteiger partial charge is 0.161 e. The second-order valence-electron chi connectivity index (χ2n) is 3.61. The predicted octanol–water partition coefficient (Wildman–Crippen LogP) is 1.63. The monoisotopic (exact) mass is 246 g/mol. The Balaban J connectivity index is 2.10. The van der Waals surface area contributed by atoms with Crippen molar-refractivity contribution in [3.05, 3.63) is 12.4 Å². The first-order valence-electron chi connectivity index (χ1n) is 5.63. The minimum absolute atomic E-state index is 0.231. The SMILES string of the molecule is CCO[SiH2]CCCN1C=CN(SC)C1C. The van der Waals surface area contributed by atoms with E-state index in [1.807, 2.05) is 0 Å². The summed E-state index contributed by atoms with van der Waals surface area (Å²) in [6.45, 7) is 6.38. The zero-order valence-corrected chi connectivity index (χ0v) is 12.2. The second-order valence-corrected chi connectivity index (χ2v) is 5.92. The van der Waals surface area contributed by atoms with Gasteiger partial charge in [0.2, 0.25) is 0 Å². The van der Waals surface area contributed by atoms with Gasteiger partial charge in [-0.1, -0.05) is 11.9 Å². The summed E-state index contributed by atoms with van der Waals surface area (Å²) in [5, 5.41) is 0. The summed E-state index contributed by atoms with van der Waals surface area (Å²) in [6, 6.07) is 1.30. The average Bonchev–Trinajstić information content (AvgIpc) is 2.60. The van der Waals surface area contributed by atoms with Gasteiger partial charge in [0.1, 0.15) is 6.17 Å². The van der Waals surface area contributed by atoms with Gasteiger partial charge >= 0.3 is 0 Å². The van der Waals surface area contributed by atoms with Crippen LogP contribution < -0.4 is 0 Å². The summed E-state index contributed by atoms with van der Waals surface area (Å²) in [6.07, 6.45) is 8.25. The lowest BCUT2D eigenvalue weighted by Gasteiger charge is -2.27. The Morgan fingerprint density at radius 3 is 2.87 bits per heavy atom. The molecule has 1 aliphatic rings. The van der Waals surface area contributed by atoms with E-state index in [0.717, 1.165) is 13.2 Å². The van der Waals surface area contributed by atoms with Gasteiger partial charge < -0.3 is 13.6 Å². The Kier molecular flexibility index (Phi) is 6.20. The van der Waals surface area contributed by atoms with Crippen LogP contribution in [-0.4, -0.2) is 44.5 Å². The average molecular weight is 246 g/mol. The van der Waals surface area contributed by atoms with E-state index in [9.17, 15) is 0 Å². The van der Waals surface area contributed by atoms with Gasteiger partial charge in [0, 0.05) is 31.8 Å². The molecule has 5 heteroatoms. The van der Waals surface area contributed by atoms with E-state index in [4.69, 9.17) is 4.43 Å². The molecule has 15 heavy (non-hydrogen) atoms. The zero-order valence-electron chi connectivity index (χ0n) is 9.98. The third kappa shape index (κ3) is 4.08. The lowest BCUT2D eigenvalue weighted by atomic mass is 10.4. The van der Waals surface area contributed by atoms with E-state index in [2.05, 4.69) is 41.7 Å². The van der Waals surface area contributed by atoms with E-state index < -0.39 is 0 Å². The molecule has 0 radical (unpaired) electrons. The normalized spacial score (nSPS) is 21.1. The molecule has 0 aliphatic carbocycles. The minimum Gasteiger partial charge on any atom is -0.424 e. The molecule has 3 nitrogen and oxygen atoms in total. The molecule has 0 amide bonds. The molecule has 88 valence electrons. The first-order valence-corrected chi connectivity index (χ1v) is 8.39. The molecule has 0 aromatic rings. The zero-order chi connectivity index (χ0) is 11.1. The summed E-state index contributed by atoms with van der Waals surface area (Å²) in [5.74, 6) is 0. The highest BCUT2D eigenvalue weighted by molar-refractivity contribution is 7.96. The highest BCUT2D eigenvalue weighted by atomic mass is 32.2. The van der Waals surface area contributed by atoms with Gasteiger partial charge in [0.05, 0.1) is 0 Å². The fourth-order valence-electron chi connectivity index (χ4n) is 1.66. The predicted molar refractivity (Wildman–Crippen MR) is 70.3 cm³/mol. The highest BCUT2D eigenvalue weighted by Gasteiger charge is 2.20. The van der Waals surface area contributed by atoms with E-state index in [1.54, 1.807) is 11.9 Å². The van der Waals surface area contributed by atoms with Crippen molar-refractivity contribution >= 4 is 21.7 Å². The molecule has 1 heterocycles. The van der Waals surface area contributed by atoms with Gasteiger partial charge in [0.15, 0.2) is 9.76 Å². The van der Waals surface area contributed by atoms with Crippen LogP contribution in [0.4, 0.5) is 0 Å². The minimum atomic E-state index is -0.231. The molecule has 0 aromatic heterocycles. The Labute approximate surface area is 99.9 Å². The van der Waals surface area contributed by atoms with Crippen LogP contribution in [0.2, 0.25) is 6.04 Å². The van der Waals surface area contributed by atoms with E-state index >= 15 is 0 Å². The molecule has 1 unspecified atom stereocenters. The summed E-state index contributed by atoms with van der Waals surface area (Å²) in [4.78, 5) is 2.40. The van der Waals surface area contributed by atoms with Crippen molar-refractivity contribution in [3.63, 3.8) is 0 Å². The molecular formula is C10H22N2OSSi. The van der Waals surface area contributed by atoms with Crippen LogP contribution in [-0.2, 0) is 4.43 Å². The second kappa shape index (κ2) is 7.19. The lowest BCUT2D eigenvalue weighted by Crippen LogP contribution is -2.32. The van der Waals surface area contributed by atoms with Gasteiger partial charge in [-0.3, -0.25) is 0 Å². The molecule has 0 fully saturated rings. The van der Waals surface area contributed by atoms with Crippen LogP contribution in [0.5, 0.6) is 0 Å². The molecule has 0 N–H and O–H groups in total. The quantitative estimate of drug-likeness (QED) is 0.385. The van der Waals surface area contributed by atoms with Crippen LogP contribution in [0.1, 0.15) is 20.3 Å².